The van der Waals surface area contributed by atoms with Gasteiger partial charge in [0, 0.05) is 12.1 Å². The van der Waals surface area contributed by atoms with E-state index in [0.717, 1.165) is 10.5 Å². The second-order valence-corrected chi connectivity index (χ2v) is 4.30. The Morgan fingerprint density at radius 2 is 2.12 bits per heavy atom. The number of anilines is 1. The van der Waals surface area contributed by atoms with Crippen LogP contribution in [0.5, 0.6) is 0 Å². The van der Waals surface area contributed by atoms with E-state index in [0.29, 0.717) is 23.0 Å². The minimum Gasteiger partial charge on any atom is -0.340 e. The number of carbonyl (C=O) groups excluding carboxylic acids is 2. The average Bonchev–Trinajstić information content (AvgIpc) is 2.29. The van der Waals surface area contributed by atoms with Gasteiger partial charge < -0.3 is 5.32 Å². The molecule has 0 aromatic heterocycles. The lowest BCUT2D eigenvalue weighted by Crippen LogP contribution is -2.37. The molecule has 1 aromatic rings. The Morgan fingerprint density at radius 3 is 2.53 bits per heavy atom. The van der Waals surface area contributed by atoms with E-state index >= 15 is 0 Å². The quantitative estimate of drug-likeness (QED) is 0.844. The fourth-order valence-corrected chi connectivity index (χ4v) is 1.87. The van der Waals surface area contributed by atoms with E-state index in [1.165, 1.54) is 7.05 Å². The third kappa shape index (κ3) is 2.97. The Hall–Kier alpha value is -1.55. The molecule has 0 saturated carbocycles. The lowest BCUT2D eigenvalue weighted by molar-refractivity contribution is -0.106. The zero-order valence-corrected chi connectivity index (χ0v) is 10.8. The summed E-state index contributed by atoms with van der Waals surface area (Å²) in [6.45, 7) is 4.05. The first-order valence-electron chi connectivity index (χ1n) is 5.27. The molecule has 0 atom stereocenters. The predicted octanol–water partition coefficient (Wildman–Crippen LogP) is 2.77. The van der Waals surface area contributed by atoms with Gasteiger partial charge in [-0.3, -0.25) is 4.79 Å². The van der Waals surface area contributed by atoms with Crippen molar-refractivity contribution in [2.45, 2.75) is 19.8 Å². The third-order valence-corrected chi connectivity index (χ3v) is 2.75. The van der Waals surface area contributed by atoms with Crippen LogP contribution in [0.2, 0.25) is 5.02 Å². The summed E-state index contributed by atoms with van der Waals surface area (Å²) in [6, 6.07) is 4.64. The van der Waals surface area contributed by atoms with Gasteiger partial charge in [0.05, 0.1) is 5.69 Å². The van der Waals surface area contributed by atoms with Gasteiger partial charge in [-0.25, -0.2) is 9.69 Å². The van der Waals surface area contributed by atoms with Crippen LogP contribution in [0.1, 0.15) is 25.3 Å². The lowest BCUT2D eigenvalue weighted by Gasteiger charge is -2.17. The van der Waals surface area contributed by atoms with E-state index in [2.05, 4.69) is 5.32 Å². The number of urea groups is 1. The second kappa shape index (κ2) is 5.68. The minimum atomic E-state index is -0.492. The van der Waals surface area contributed by atoms with Gasteiger partial charge in [0.1, 0.15) is 0 Å². The normalized spacial score (nSPS) is 10.2. The molecule has 4 nitrogen and oxygen atoms in total. The third-order valence-electron chi connectivity index (χ3n) is 2.42. The molecule has 5 heteroatoms. The highest BCUT2D eigenvalue weighted by atomic mass is 35.5. The standard InChI is InChI=1S/C12H15ClN2O2/c1-8(2)10-5-4-9(6-11(10)13)15(7-16)12(17)14-3/h4-8H,1-3H3,(H,14,17). The highest BCUT2D eigenvalue weighted by Gasteiger charge is 2.15. The topological polar surface area (TPSA) is 49.4 Å². The monoisotopic (exact) mass is 254 g/mol. The van der Waals surface area contributed by atoms with Crippen LogP contribution in [0.25, 0.3) is 0 Å². The maximum Gasteiger partial charge on any atom is 0.328 e. The molecule has 0 saturated heterocycles. The van der Waals surface area contributed by atoms with Crippen molar-refractivity contribution in [2.24, 2.45) is 0 Å². The number of hydrogen-bond donors (Lipinski definition) is 1. The summed E-state index contributed by atoms with van der Waals surface area (Å²) in [5, 5.41) is 2.93. The van der Waals surface area contributed by atoms with Gasteiger partial charge in [0.2, 0.25) is 6.41 Å². The zero-order valence-electron chi connectivity index (χ0n) is 10.0. The van der Waals surface area contributed by atoms with Crippen LogP contribution in [0.4, 0.5) is 10.5 Å². The molecule has 0 radical (unpaired) electrons. The van der Waals surface area contributed by atoms with Crippen molar-refractivity contribution < 1.29 is 9.59 Å². The molecule has 0 bridgehead atoms. The van der Waals surface area contributed by atoms with Crippen molar-refractivity contribution in [3.05, 3.63) is 28.8 Å². The van der Waals surface area contributed by atoms with Crippen molar-refractivity contribution in [1.29, 1.82) is 0 Å². The molecule has 1 N–H and O–H groups in total. The largest absolute Gasteiger partial charge is 0.340 e. The molecular weight excluding hydrogens is 240 g/mol. The Labute approximate surface area is 106 Å². The summed E-state index contributed by atoms with van der Waals surface area (Å²) in [4.78, 5) is 23.2. The summed E-state index contributed by atoms with van der Waals surface area (Å²) in [7, 11) is 1.46. The second-order valence-electron chi connectivity index (χ2n) is 3.89. The van der Waals surface area contributed by atoms with Crippen LogP contribution >= 0.6 is 11.6 Å². The van der Waals surface area contributed by atoms with Crippen molar-refractivity contribution >= 4 is 29.7 Å². The molecule has 3 amide bonds. The number of halogens is 1. The number of imide groups is 1. The summed E-state index contributed by atoms with van der Waals surface area (Å²) in [5.41, 5.74) is 1.44. The van der Waals surface area contributed by atoms with E-state index in [1.54, 1.807) is 12.1 Å². The number of nitrogens with zero attached hydrogens (tertiary/aromatic N) is 1. The molecule has 0 spiro atoms. The summed E-state index contributed by atoms with van der Waals surface area (Å²) < 4.78 is 0. The maximum atomic E-state index is 11.4. The number of rotatable bonds is 3. The molecule has 0 aliphatic rings. The molecule has 0 heterocycles. The van der Waals surface area contributed by atoms with Gasteiger partial charge in [0.15, 0.2) is 0 Å². The Morgan fingerprint density at radius 1 is 1.47 bits per heavy atom. The van der Waals surface area contributed by atoms with E-state index < -0.39 is 6.03 Å². The molecule has 0 fully saturated rings. The van der Waals surface area contributed by atoms with E-state index in [9.17, 15) is 9.59 Å². The van der Waals surface area contributed by atoms with Gasteiger partial charge >= 0.3 is 6.03 Å². The highest BCUT2D eigenvalue weighted by molar-refractivity contribution is 6.31. The van der Waals surface area contributed by atoms with Gasteiger partial charge in [-0.15, -0.1) is 0 Å². The highest BCUT2D eigenvalue weighted by Crippen LogP contribution is 2.28. The number of amides is 3. The minimum absolute atomic E-state index is 0.293. The molecule has 92 valence electrons. The van der Waals surface area contributed by atoms with E-state index in [4.69, 9.17) is 11.6 Å². The summed E-state index contributed by atoms with van der Waals surface area (Å²) in [6.07, 6.45) is 0.458. The number of benzene rings is 1. The first-order chi connectivity index (χ1) is 8.01. The van der Waals surface area contributed by atoms with Crippen molar-refractivity contribution in [1.82, 2.24) is 5.32 Å². The van der Waals surface area contributed by atoms with Gasteiger partial charge in [-0.05, 0) is 23.6 Å². The molecule has 1 rings (SSSR count). The first-order valence-corrected chi connectivity index (χ1v) is 5.64. The predicted molar refractivity (Wildman–Crippen MR) is 68.5 cm³/mol. The number of carbonyl (C=O) groups is 2. The van der Waals surface area contributed by atoms with Crippen molar-refractivity contribution in [3.8, 4) is 0 Å². The van der Waals surface area contributed by atoms with E-state index in [1.807, 2.05) is 19.9 Å². The number of nitrogens with one attached hydrogen (secondary N) is 1. The van der Waals surface area contributed by atoms with Gasteiger partial charge in [-0.2, -0.15) is 0 Å². The van der Waals surface area contributed by atoms with Crippen LogP contribution < -0.4 is 10.2 Å². The van der Waals surface area contributed by atoms with Gasteiger partial charge in [0.25, 0.3) is 0 Å². The molecule has 0 unspecified atom stereocenters. The fourth-order valence-electron chi connectivity index (χ4n) is 1.48. The molecule has 17 heavy (non-hydrogen) atoms. The summed E-state index contributed by atoms with van der Waals surface area (Å²) in [5.74, 6) is 0.293. The maximum absolute atomic E-state index is 11.4. The summed E-state index contributed by atoms with van der Waals surface area (Å²) >= 11 is 6.10. The van der Waals surface area contributed by atoms with Crippen LogP contribution in [-0.2, 0) is 4.79 Å². The molecule has 0 aliphatic heterocycles. The fraction of sp³-hybridized carbons (Fsp3) is 0.333. The zero-order chi connectivity index (χ0) is 13.0. The van der Waals surface area contributed by atoms with Crippen LogP contribution in [0.15, 0.2) is 18.2 Å². The molecule has 0 aliphatic carbocycles. The van der Waals surface area contributed by atoms with Gasteiger partial charge in [-0.1, -0.05) is 31.5 Å². The number of hydrogen-bond acceptors (Lipinski definition) is 2. The molecule has 1 aromatic carbocycles. The first kappa shape index (κ1) is 13.5. The van der Waals surface area contributed by atoms with Crippen LogP contribution in [0.3, 0.4) is 0 Å². The van der Waals surface area contributed by atoms with Crippen molar-refractivity contribution in [2.75, 3.05) is 11.9 Å². The molecular formula is C12H15ClN2O2. The van der Waals surface area contributed by atoms with Crippen LogP contribution in [-0.4, -0.2) is 19.5 Å². The SMILES string of the molecule is CNC(=O)N(C=O)c1ccc(C(C)C)c(Cl)c1. The van der Waals surface area contributed by atoms with Crippen molar-refractivity contribution in [3.63, 3.8) is 0 Å². The average molecular weight is 255 g/mol. The lowest BCUT2D eigenvalue weighted by atomic mass is 10.0. The Kier molecular flexibility index (Phi) is 4.52. The Balaban J connectivity index is 3.11. The smallest absolute Gasteiger partial charge is 0.328 e. The Bertz CT molecular complexity index is 433. The van der Waals surface area contributed by atoms with E-state index in [-0.39, 0.29) is 0 Å². The van der Waals surface area contributed by atoms with Crippen LogP contribution in [0, 0.1) is 0 Å².